The van der Waals surface area contributed by atoms with Gasteiger partial charge in [-0.05, 0) is 42.2 Å². The number of rotatable bonds is 2. The van der Waals surface area contributed by atoms with E-state index >= 15 is 0 Å². The SMILES string of the molecule is Cc1cc(C)c(/C=N/O)cc1/C=N/O. The van der Waals surface area contributed by atoms with E-state index in [0.29, 0.717) is 0 Å². The third-order valence-corrected chi connectivity index (χ3v) is 2.05. The third-order valence-electron chi connectivity index (χ3n) is 2.05. The zero-order valence-electron chi connectivity index (χ0n) is 8.10. The van der Waals surface area contributed by atoms with E-state index in [4.69, 9.17) is 10.4 Å². The van der Waals surface area contributed by atoms with Gasteiger partial charge in [-0.2, -0.15) is 0 Å². The van der Waals surface area contributed by atoms with Crippen LogP contribution in [-0.4, -0.2) is 22.8 Å². The van der Waals surface area contributed by atoms with Crippen LogP contribution >= 0.6 is 0 Å². The van der Waals surface area contributed by atoms with Crippen LogP contribution in [0.5, 0.6) is 0 Å². The van der Waals surface area contributed by atoms with E-state index in [1.165, 1.54) is 12.4 Å². The number of aryl methyl sites for hydroxylation is 2. The molecule has 0 heterocycles. The van der Waals surface area contributed by atoms with Crippen LogP contribution in [0.2, 0.25) is 0 Å². The first kappa shape index (κ1) is 10.2. The molecule has 0 radical (unpaired) electrons. The van der Waals surface area contributed by atoms with Gasteiger partial charge in [0, 0.05) is 0 Å². The standard InChI is InChI=1S/C10H12N2O2/c1-7-3-8(2)10(6-12-14)4-9(7)5-11-13/h3-6,13-14H,1-2H3/b11-5+,12-6+. The van der Waals surface area contributed by atoms with E-state index in [1.807, 2.05) is 19.9 Å². The quantitative estimate of drug-likeness (QED) is 0.427. The molecule has 1 aromatic carbocycles. The van der Waals surface area contributed by atoms with Crippen LogP contribution in [-0.2, 0) is 0 Å². The van der Waals surface area contributed by atoms with Crippen LogP contribution in [0.25, 0.3) is 0 Å². The molecule has 0 saturated carbocycles. The molecule has 0 amide bonds. The first-order chi connectivity index (χ1) is 6.69. The summed E-state index contributed by atoms with van der Waals surface area (Å²) in [6.07, 6.45) is 2.70. The lowest BCUT2D eigenvalue weighted by Crippen LogP contribution is -1.94. The molecule has 0 fully saturated rings. The Morgan fingerprint density at radius 1 is 0.929 bits per heavy atom. The fourth-order valence-corrected chi connectivity index (χ4v) is 1.29. The summed E-state index contributed by atoms with van der Waals surface area (Å²) >= 11 is 0. The summed E-state index contributed by atoms with van der Waals surface area (Å²) in [7, 11) is 0. The molecule has 74 valence electrons. The summed E-state index contributed by atoms with van der Waals surface area (Å²) in [4.78, 5) is 0. The molecule has 14 heavy (non-hydrogen) atoms. The highest BCUT2D eigenvalue weighted by atomic mass is 16.4. The van der Waals surface area contributed by atoms with Gasteiger partial charge in [-0.15, -0.1) is 0 Å². The van der Waals surface area contributed by atoms with Crippen molar-refractivity contribution in [1.82, 2.24) is 0 Å². The van der Waals surface area contributed by atoms with Gasteiger partial charge in [0.2, 0.25) is 0 Å². The molecule has 0 spiro atoms. The Kier molecular flexibility index (Phi) is 3.23. The fourth-order valence-electron chi connectivity index (χ4n) is 1.29. The maximum atomic E-state index is 8.42. The van der Waals surface area contributed by atoms with Gasteiger partial charge in [-0.3, -0.25) is 0 Å². The second-order valence-electron chi connectivity index (χ2n) is 3.05. The van der Waals surface area contributed by atoms with Crippen molar-refractivity contribution in [3.63, 3.8) is 0 Å². The first-order valence-corrected chi connectivity index (χ1v) is 4.15. The molecule has 4 heteroatoms. The fraction of sp³-hybridized carbons (Fsp3) is 0.200. The molecule has 0 saturated heterocycles. The Morgan fingerprint density at radius 3 is 1.71 bits per heavy atom. The van der Waals surface area contributed by atoms with Crippen molar-refractivity contribution in [2.45, 2.75) is 13.8 Å². The lowest BCUT2D eigenvalue weighted by atomic mass is 10.0. The normalized spacial score (nSPS) is 11.6. The van der Waals surface area contributed by atoms with Crippen molar-refractivity contribution >= 4 is 12.4 Å². The minimum absolute atomic E-state index is 0.799. The smallest absolute Gasteiger partial charge is 0.0736 e. The molecule has 0 aliphatic carbocycles. The van der Waals surface area contributed by atoms with E-state index in [2.05, 4.69) is 10.3 Å². The van der Waals surface area contributed by atoms with Crippen LogP contribution in [0.3, 0.4) is 0 Å². The molecule has 2 N–H and O–H groups in total. The average Bonchev–Trinajstić information content (AvgIpc) is 2.14. The number of oxime groups is 2. The van der Waals surface area contributed by atoms with Gasteiger partial charge in [0.15, 0.2) is 0 Å². The average molecular weight is 192 g/mol. The Hall–Kier alpha value is -1.84. The maximum Gasteiger partial charge on any atom is 0.0736 e. The molecule has 4 nitrogen and oxygen atoms in total. The summed E-state index contributed by atoms with van der Waals surface area (Å²) in [5.41, 5.74) is 3.62. The van der Waals surface area contributed by atoms with Gasteiger partial charge in [-0.1, -0.05) is 16.4 Å². The molecule has 0 atom stereocenters. The molecular weight excluding hydrogens is 180 g/mol. The van der Waals surface area contributed by atoms with E-state index in [9.17, 15) is 0 Å². The molecule has 1 aromatic rings. The van der Waals surface area contributed by atoms with Gasteiger partial charge in [0.25, 0.3) is 0 Å². The van der Waals surface area contributed by atoms with Crippen LogP contribution in [0, 0.1) is 13.8 Å². The predicted octanol–water partition coefficient (Wildman–Crippen LogP) is 1.92. The van der Waals surface area contributed by atoms with E-state index in [-0.39, 0.29) is 0 Å². The highest BCUT2D eigenvalue weighted by molar-refractivity contribution is 5.88. The van der Waals surface area contributed by atoms with Crippen molar-refractivity contribution in [3.05, 3.63) is 34.4 Å². The summed E-state index contributed by atoms with van der Waals surface area (Å²) < 4.78 is 0. The topological polar surface area (TPSA) is 65.2 Å². The van der Waals surface area contributed by atoms with Gasteiger partial charge >= 0.3 is 0 Å². The Bertz CT molecular complexity index is 351. The van der Waals surface area contributed by atoms with Gasteiger partial charge < -0.3 is 10.4 Å². The number of benzene rings is 1. The predicted molar refractivity (Wildman–Crippen MR) is 54.7 cm³/mol. The zero-order valence-corrected chi connectivity index (χ0v) is 8.10. The molecule has 0 aliphatic heterocycles. The monoisotopic (exact) mass is 192 g/mol. The van der Waals surface area contributed by atoms with E-state index in [1.54, 1.807) is 6.07 Å². The minimum atomic E-state index is 0.799. The van der Waals surface area contributed by atoms with Gasteiger partial charge in [0.05, 0.1) is 12.4 Å². The first-order valence-electron chi connectivity index (χ1n) is 4.15. The second kappa shape index (κ2) is 4.41. The minimum Gasteiger partial charge on any atom is -0.411 e. The second-order valence-corrected chi connectivity index (χ2v) is 3.05. The Labute approximate surface area is 82.2 Å². The lowest BCUT2D eigenvalue weighted by Gasteiger charge is -2.04. The molecule has 0 aromatic heterocycles. The maximum absolute atomic E-state index is 8.42. The molecular formula is C10H12N2O2. The molecule has 1 rings (SSSR count). The highest BCUT2D eigenvalue weighted by Crippen LogP contribution is 2.13. The van der Waals surface area contributed by atoms with Gasteiger partial charge in [-0.25, -0.2) is 0 Å². The van der Waals surface area contributed by atoms with Crippen LogP contribution in [0.4, 0.5) is 0 Å². The largest absolute Gasteiger partial charge is 0.411 e. The van der Waals surface area contributed by atoms with Crippen LogP contribution in [0.15, 0.2) is 22.4 Å². The van der Waals surface area contributed by atoms with Gasteiger partial charge in [0.1, 0.15) is 0 Å². The lowest BCUT2D eigenvalue weighted by molar-refractivity contribution is 0.321. The van der Waals surface area contributed by atoms with Crippen LogP contribution in [0.1, 0.15) is 22.3 Å². The van der Waals surface area contributed by atoms with E-state index < -0.39 is 0 Å². The van der Waals surface area contributed by atoms with E-state index in [0.717, 1.165) is 22.3 Å². The van der Waals surface area contributed by atoms with Crippen molar-refractivity contribution < 1.29 is 10.4 Å². The molecule has 0 aliphatic rings. The zero-order chi connectivity index (χ0) is 10.6. The summed E-state index contributed by atoms with van der Waals surface area (Å²) in [6.45, 7) is 3.84. The summed E-state index contributed by atoms with van der Waals surface area (Å²) in [5, 5.41) is 22.8. The van der Waals surface area contributed by atoms with Crippen molar-refractivity contribution in [3.8, 4) is 0 Å². The molecule has 0 bridgehead atoms. The molecule has 0 unspecified atom stereocenters. The summed E-state index contributed by atoms with van der Waals surface area (Å²) in [6, 6.07) is 3.73. The highest BCUT2D eigenvalue weighted by Gasteiger charge is 2.01. The Balaban J connectivity index is 3.26. The van der Waals surface area contributed by atoms with Crippen molar-refractivity contribution in [2.24, 2.45) is 10.3 Å². The summed E-state index contributed by atoms with van der Waals surface area (Å²) in [5.74, 6) is 0. The Morgan fingerprint density at radius 2 is 1.36 bits per heavy atom. The third kappa shape index (κ3) is 2.10. The number of hydrogen-bond donors (Lipinski definition) is 2. The van der Waals surface area contributed by atoms with Crippen molar-refractivity contribution in [2.75, 3.05) is 0 Å². The number of nitrogens with zero attached hydrogens (tertiary/aromatic N) is 2. The van der Waals surface area contributed by atoms with Crippen LogP contribution < -0.4 is 0 Å². The number of hydrogen-bond acceptors (Lipinski definition) is 4. The van der Waals surface area contributed by atoms with Crippen molar-refractivity contribution in [1.29, 1.82) is 0 Å².